The summed E-state index contributed by atoms with van der Waals surface area (Å²) in [6, 6.07) is 0. The second kappa shape index (κ2) is 4.62. The van der Waals surface area contributed by atoms with Crippen LogP contribution in [0.25, 0.3) is 0 Å². The lowest BCUT2D eigenvalue weighted by molar-refractivity contribution is 0.333. The van der Waals surface area contributed by atoms with Crippen molar-refractivity contribution in [3.05, 3.63) is 24.2 Å². The number of hydrazine groups is 1. The zero-order valence-electron chi connectivity index (χ0n) is 9.53. The van der Waals surface area contributed by atoms with Gasteiger partial charge in [-0.05, 0) is 25.2 Å². The second-order valence-electron chi connectivity index (χ2n) is 4.33. The van der Waals surface area contributed by atoms with Crippen molar-refractivity contribution in [1.29, 1.82) is 0 Å². The van der Waals surface area contributed by atoms with Gasteiger partial charge in [-0.25, -0.2) is 5.43 Å². The predicted octanol–water partition coefficient (Wildman–Crippen LogP) is 2.44. The van der Waals surface area contributed by atoms with Crippen LogP contribution in [-0.4, -0.2) is 17.3 Å². The molecule has 82 valence electrons. The van der Waals surface area contributed by atoms with Crippen LogP contribution in [0.5, 0.6) is 0 Å². The minimum atomic E-state index is 0.477. The van der Waals surface area contributed by atoms with Crippen molar-refractivity contribution in [1.82, 2.24) is 10.4 Å². The molecule has 0 radical (unpaired) electrons. The van der Waals surface area contributed by atoms with Crippen molar-refractivity contribution in [2.24, 2.45) is 10.9 Å². The maximum atomic E-state index is 4.47. The van der Waals surface area contributed by atoms with Crippen LogP contribution in [0.15, 0.2) is 29.2 Å². The molecule has 0 aliphatic carbocycles. The van der Waals surface area contributed by atoms with Crippen LogP contribution in [-0.2, 0) is 0 Å². The maximum absolute atomic E-state index is 4.47. The van der Waals surface area contributed by atoms with E-state index in [1.165, 1.54) is 24.3 Å². The molecule has 0 aromatic carbocycles. The lowest BCUT2D eigenvalue weighted by Crippen LogP contribution is -2.39. The molecular weight excluding hydrogens is 186 g/mol. The van der Waals surface area contributed by atoms with Gasteiger partial charge < -0.3 is 0 Å². The maximum Gasteiger partial charge on any atom is 0.0749 e. The Morgan fingerprint density at radius 2 is 2.27 bits per heavy atom. The van der Waals surface area contributed by atoms with Crippen molar-refractivity contribution in [3.63, 3.8) is 0 Å². The highest BCUT2D eigenvalue weighted by atomic mass is 15.5. The lowest BCUT2D eigenvalue weighted by atomic mass is 10.0. The summed E-state index contributed by atoms with van der Waals surface area (Å²) in [5.41, 5.74) is 5.84. The van der Waals surface area contributed by atoms with E-state index in [2.05, 4.69) is 35.4 Å². The Bertz CT molecular complexity index is 313. The van der Waals surface area contributed by atoms with Gasteiger partial charge in [0.2, 0.25) is 0 Å². The summed E-state index contributed by atoms with van der Waals surface area (Å²) in [4.78, 5) is 4.47. The molecule has 3 heteroatoms. The van der Waals surface area contributed by atoms with E-state index >= 15 is 0 Å². The molecule has 0 fully saturated rings. The highest BCUT2D eigenvalue weighted by Crippen LogP contribution is 2.19. The van der Waals surface area contributed by atoms with Crippen LogP contribution >= 0.6 is 0 Å². The third-order valence-electron chi connectivity index (χ3n) is 2.75. The van der Waals surface area contributed by atoms with Gasteiger partial charge in [-0.15, -0.1) is 0 Å². The van der Waals surface area contributed by atoms with Crippen molar-refractivity contribution in [2.75, 3.05) is 6.54 Å². The zero-order chi connectivity index (χ0) is 10.7. The summed E-state index contributed by atoms with van der Waals surface area (Å²) in [7, 11) is 0. The molecule has 0 unspecified atom stereocenters. The molecule has 0 amide bonds. The molecule has 0 aromatic rings. The van der Waals surface area contributed by atoms with Gasteiger partial charge in [-0.1, -0.05) is 19.9 Å². The molecule has 15 heavy (non-hydrogen) atoms. The Hall–Kier alpha value is -1.09. The van der Waals surface area contributed by atoms with E-state index in [1.54, 1.807) is 0 Å². The largest absolute Gasteiger partial charge is 0.281 e. The Balaban J connectivity index is 2.26. The average molecular weight is 205 g/mol. The van der Waals surface area contributed by atoms with Gasteiger partial charge in [0.15, 0.2) is 0 Å². The van der Waals surface area contributed by atoms with Gasteiger partial charge in [0.25, 0.3) is 0 Å². The minimum absolute atomic E-state index is 0.477. The molecule has 3 nitrogen and oxygen atoms in total. The number of hydrogen-bond acceptors (Lipinski definition) is 3. The molecule has 0 aromatic heterocycles. The number of allylic oxidation sites excluding steroid dienone is 2. The highest BCUT2D eigenvalue weighted by molar-refractivity contribution is 6.01. The fourth-order valence-electron chi connectivity index (χ4n) is 1.94. The van der Waals surface area contributed by atoms with Crippen LogP contribution in [0.3, 0.4) is 0 Å². The number of aliphatic imine (C=N–C) groups is 1. The van der Waals surface area contributed by atoms with Crippen molar-refractivity contribution in [3.8, 4) is 0 Å². The molecule has 0 bridgehead atoms. The van der Waals surface area contributed by atoms with Crippen molar-refractivity contribution >= 4 is 5.71 Å². The molecule has 1 N–H and O–H groups in total. The first-order valence-electron chi connectivity index (χ1n) is 5.76. The Morgan fingerprint density at radius 3 is 3.07 bits per heavy atom. The highest BCUT2D eigenvalue weighted by Gasteiger charge is 2.19. The molecule has 0 saturated heterocycles. The Morgan fingerprint density at radius 1 is 1.40 bits per heavy atom. The number of fused-ring (bicyclic) bond motifs is 1. The van der Waals surface area contributed by atoms with Gasteiger partial charge in [0, 0.05) is 18.9 Å². The molecule has 2 aliphatic rings. The standard InChI is InChI=1S/C12H19N3/c1-10(2)12-11-6-4-3-5-7-14-15(11)9-8-13-12/h6,8-10,14H,3-5,7H2,1-2H3/b11-6+. The molecule has 2 rings (SSSR count). The first-order chi connectivity index (χ1) is 7.29. The van der Waals surface area contributed by atoms with Crippen LogP contribution in [0.4, 0.5) is 0 Å². The van der Waals surface area contributed by atoms with E-state index in [0.717, 1.165) is 13.0 Å². The minimum Gasteiger partial charge on any atom is -0.281 e. The average Bonchev–Trinajstić information content (AvgIpc) is 2.17. The zero-order valence-corrected chi connectivity index (χ0v) is 9.53. The smallest absolute Gasteiger partial charge is 0.0749 e. The van der Waals surface area contributed by atoms with Gasteiger partial charge in [-0.2, -0.15) is 0 Å². The third kappa shape index (κ3) is 2.29. The van der Waals surface area contributed by atoms with Crippen LogP contribution in [0.2, 0.25) is 0 Å². The van der Waals surface area contributed by atoms with E-state index in [-0.39, 0.29) is 0 Å². The quantitative estimate of drug-likeness (QED) is 0.712. The normalized spacial score (nSPS) is 25.1. The summed E-state index contributed by atoms with van der Waals surface area (Å²) in [6.07, 6.45) is 9.84. The molecule has 0 saturated carbocycles. The third-order valence-corrected chi connectivity index (χ3v) is 2.75. The molecule has 0 spiro atoms. The number of nitrogens with zero attached hydrogens (tertiary/aromatic N) is 2. The van der Waals surface area contributed by atoms with E-state index < -0.39 is 0 Å². The lowest BCUT2D eigenvalue weighted by Gasteiger charge is -2.30. The number of nitrogens with one attached hydrogen (secondary N) is 1. The van der Waals surface area contributed by atoms with E-state index in [0.29, 0.717) is 5.92 Å². The molecule has 2 heterocycles. The van der Waals surface area contributed by atoms with Crippen molar-refractivity contribution < 1.29 is 0 Å². The van der Waals surface area contributed by atoms with Gasteiger partial charge >= 0.3 is 0 Å². The fourth-order valence-corrected chi connectivity index (χ4v) is 1.94. The van der Waals surface area contributed by atoms with Gasteiger partial charge in [0.05, 0.1) is 11.4 Å². The summed E-state index contributed by atoms with van der Waals surface area (Å²) in [5.74, 6) is 0.477. The first-order valence-corrected chi connectivity index (χ1v) is 5.76. The van der Waals surface area contributed by atoms with E-state index in [4.69, 9.17) is 0 Å². The van der Waals surface area contributed by atoms with E-state index in [9.17, 15) is 0 Å². The van der Waals surface area contributed by atoms with Crippen LogP contribution < -0.4 is 5.43 Å². The molecule has 2 aliphatic heterocycles. The van der Waals surface area contributed by atoms with E-state index in [1.807, 2.05) is 12.4 Å². The Kier molecular flexibility index (Phi) is 3.21. The van der Waals surface area contributed by atoms with Gasteiger partial charge in [-0.3, -0.25) is 10.0 Å². The monoisotopic (exact) mass is 205 g/mol. The summed E-state index contributed by atoms with van der Waals surface area (Å²) in [5, 5.41) is 2.11. The first kappa shape index (κ1) is 10.4. The summed E-state index contributed by atoms with van der Waals surface area (Å²) in [6.45, 7) is 5.43. The van der Waals surface area contributed by atoms with Crippen LogP contribution in [0.1, 0.15) is 33.1 Å². The van der Waals surface area contributed by atoms with Crippen LogP contribution in [0, 0.1) is 5.92 Å². The second-order valence-corrected chi connectivity index (χ2v) is 4.33. The predicted molar refractivity (Wildman–Crippen MR) is 63.2 cm³/mol. The topological polar surface area (TPSA) is 27.6 Å². The summed E-state index contributed by atoms with van der Waals surface area (Å²) >= 11 is 0. The fraction of sp³-hybridized carbons (Fsp3) is 0.583. The number of hydrogen-bond donors (Lipinski definition) is 1. The van der Waals surface area contributed by atoms with Gasteiger partial charge in [0.1, 0.15) is 0 Å². The molecule has 0 atom stereocenters. The SMILES string of the molecule is CC(C)C1=NC=CN2NCCCC/C=C\12. The summed E-state index contributed by atoms with van der Waals surface area (Å²) < 4.78 is 0. The Labute approximate surface area is 91.5 Å². The molecular formula is C12H19N3. The van der Waals surface area contributed by atoms with Crippen molar-refractivity contribution in [2.45, 2.75) is 33.1 Å². The number of rotatable bonds is 1.